The van der Waals surface area contributed by atoms with Gasteiger partial charge in [0.25, 0.3) is 0 Å². The van der Waals surface area contributed by atoms with E-state index in [1.165, 1.54) is 44.2 Å². The summed E-state index contributed by atoms with van der Waals surface area (Å²) in [5.41, 5.74) is 1.05. The summed E-state index contributed by atoms with van der Waals surface area (Å²) in [6, 6.07) is 7.42. The fourth-order valence-corrected chi connectivity index (χ4v) is 5.15. The highest BCUT2D eigenvalue weighted by Crippen LogP contribution is 2.28. The van der Waals surface area contributed by atoms with Gasteiger partial charge in [-0.15, -0.1) is 0 Å². The molecule has 1 N–H and O–H groups in total. The SMILES string of the molecule is O=C(NC[C@@H](c1ccc(F)cc1)N1CCOCC1)[C@@H]1CCN(C2CCCCC2)C1. The zero-order chi connectivity index (χ0) is 20.1. The van der Waals surface area contributed by atoms with Crippen molar-refractivity contribution in [3.05, 3.63) is 35.6 Å². The first-order valence-electron chi connectivity index (χ1n) is 11.3. The van der Waals surface area contributed by atoms with Gasteiger partial charge in [-0.1, -0.05) is 31.4 Å². The standard InChI is InChI=1S/C23H34FN3O2/c24-20-8-6-18(7-9-20)22(26-12-14-29-15-13-26)16-25-23(28)19-10-11-27(17-19)21-4-2-1-3-5-21/h6-9,19,21-22H,1-5,10-17H2,(H,25,28)/t19-,22+/m1/s1. The third-order valence-electron chi connectivity index (χ3n) is 6.89. The predicted molar refractivity (Wildman–Crippen MR) is 111 cm³/mol. The molecule has 1 aromatic rings. The van der Waals surface area contributed by atoms with Crippen LogP contribution in [0.2, 0.25) is 0 Å². The van der Waals surface area contributed by atoms with Crippen molar-refractivity contribution in [2.24, 2.45) is 5.92 Å². The fraction of sp³-hybridized carbons (Fsp3) is 0.696. The number of halogens is 1. The van der Waals surface area contributed by atoms with Crippen molar-refractivity contribution in [2.75, 3.05) is 45.9 Å². The van der Waals surface area contributed by atoms with Gasteiger partial charge in [0.1, 0.15) is 5.82 Å². The molecular formula is C23H34FN3O2. The fourth-order valence-electron chi connectivity index (χ4n) is 5.15. The van der Waals surface area contributed by atoms with E-state index in [9.17, 15) is 9.18 Å². The Balaban J connectivity index is 1.34. The maximum atomic E-state index is 13.4. The lowest BCUT2D eigenvalue weighted by molar-refractivity contribution is -0.125. The van der Waals surface area contributed by atoms with E-state index in [1.807, 2.05) is 12.1 Å². The monoisotopic (exact) mass is 403 g/mol. The van der Waals surface area contributed by atoms with Crippen LogP contribution in [0.15, 0.2) is 24.3 Å². The van der Waals surface area contributed by atoms with Gasteiger partial charge < -0.3 is 10.1 Å². The number of carbonyl (C=O) groups is 1. The lowest BCUT2D eigenvalue weighted by Gasteiger charge is -2.35. The van der Waals surface area contributed by atoms with E-state index in [1.54, 1.807) is 0 Å². The highest BCUT2D eigenvalue weighted by atomic mass is 19.1. The Bertz CT molecular complexity index is 657. The van der Waals surface area contributed by atoms with Crippen LogP contribution < -0.4 is 5.32 Å². The first-order valence-corrected chi connectivity index (χ1v) is 11.3. The van der Waals surface area contributed by atoms with E-state index in [4.69, 9.17) is 4.74 Å². The summed E-state index contributed by atoms with van der Waals surface area (Å²) in [5.74, 6) is 0.0337. The van der Waals surface area contributed by atoms with E-state index in [0.29, 0.717) is 25.8 Å². The smallest absolute Gasteiger partial charge is 0.224 e. The third-order valence-corrected chi connectivity index (χ3v) is 6.89. The first-order chi connectivity index (χ1) is 14.2. The molecule has 1 saturated carbocycles. The molecule has 0 radical (unpaired) electrons. The quantitative estimate of drug-likeness (QED) is 0.793. The van der Waals surface area contributed by atoms with Gasteiger partial charge in [0.2, 0.25) is 5.91 Å². The zero-order valence-corrected chi connectivity index (χ0v) is 17.3. The van der Waals surface area contributed by atoms with Crippen LogP contribution in [0.5, 0.6) is 0 Å². The summed E-state index contributed by atoms with van der Waals surface area (Å²) >= 11 is 0. The van der Waals surface area contributed by atoms with Gasteiger partial charge in [-0.25, -0.2) is 4.39 Å². The van der Waals surface area contributed by atoms with Crippen LogP contribution in [0.3, 0.4) is 0 Å². The molecule has 0 unspecified atom stereocenters. The van der Waals surface area contributed by atoms with Crippen LogP contribution in [0.1, 0.15) is 50.1 Å². The topological polar surface area (TPSA) is 44.8 Å². The largest absolute Gasteiger partial charge is 0.379 e. The van der Waals surface area contributed by atoms with Crippen molar-refractivity contribution in [1.29, 1.82) is 0 Å². The minimum absolute atomic E-state index is 0.0549. The lowest BCUT2D eigenvalue weighted by Crippen LogP contribution is -2.45. The van der Waals surface area contributed by atoms with E-state index < -0.39 is 0 Å². The summed E-state index contributed by atoms with van der Waals surface area (Å²) in [4.78, 5) is 17.8. The normalized spacial score (nSPS) is 25.8. The number of amides is 1. The van der Waals surface area contributed by atoms with Crippen molar-refractivity contribution in [1.82, 2.24) is 15.1 Å². The average Bonchev–Trinajstić information content (AvgIpc) is 3.27. The zero-order valence-electron chi connectivity index (χ0n) is 17.3. The van der Waals surface area contributed by atoms with Crippen molar-refractivity contribution >= 4 is 5.91 Å². The highest BCUT2D eigenvalue weighted by Gasteiger charge is 2.33. The van der Waals surface area contributed by atoms with Gasteiger partial charge in [-0.3, -0.25) is 14.6 Å². The number of likely N-dealkylation sites (tertiary alicyclic amines) is 1. The van der Waals surface area contributed by atoms with Crippen molar-refractivity contribution < 1.29 is 13.9 Å². The van der Waals surface area contributed by atoms with Crippen LogP contribution in [0.4, 0.5) is 4.39 Å². The molecule has 3 fully saturated rings. The van der Waals surface area contributed by atoms with E-state index in [0.717, 1.165) is 38.2 Å². The Morgan fingerprint density at radius 1 is 1.07 bits per heavy atom. The Kier molecular flexibility index (Phi) is 7.16. The minimum atomic E-state index is -0.229. The van der Waals surface area contributed by atoms with Crippen LogP contribution in [-0.4, -0.2) is 67.7 Å². The van der Waals surface area contributed by atoms with Gasteiger partial charge in [0.15, 0.2) is 0 Å². The number of nitrogens with zero attached hydrogens (tertiary/aromatic N) is 2. The maximum Gasteiger partial charge on any atom is 0.224 e. The third kappa shape index (κ3) is 5.36. The summed E-state index contributed by atoms with van der Waals surface area (Å²) in [7, 11) is 0. The molecule has 2 heterocycles. The Hall–Kier alpha value is -1.50. The number of rotatable bonds is 6. The molecule has 4 rings (SSSR count). The van der Waals surface area contributed by atoms with Crippen LogP contribution in [0, 0.1) is 11.7 Å². The number of hydrogen-bond acceptors (Lipinski definition) is 4. The van der Waals surface area contributed by atoms with Gasteiger partial charge in [0.05, 0.1) is 25.2 Å². The summed E-state index contributed by atoms with van der Waals surface area (Å²) in [6.07, 6.45) is 7.56. The van der Waals surface area contributed by atoms with Gasteiger partial charge in [-0.05, 0) is 43.5 Å². The molecule has 1 aromatic carbocycles. The van der Waals surface area contributed by atoms with Crippen molar-refractivity contribution in [3.8, 4) is 0 Å². The number of nitrogens with one attached hydrogen (secondary N) is 1. The molecule has 2 saturated heterocycles. The van der Waals surface area contributed by atoms with E-state index in [2.05, 4.69) is 15.1 Å². The first kappa shape index (κ1) is 20.8. The molecule has 2 atom stereocenters. The number of benzene rings is 1. The van der Waals surface area contributed by atoms with Crippen LogP contribution in [0.25, 0.3) is 0 Å². The number of hydrogen-bond donors (Lipinski definition) is 1. The summed E-state index contributed by atoms with van der Waals surface area (Å²) in [6.45, 7) is 5.57. The molecule has 2 aliphatic heterocycles. The van der Waals surface area contributed by atoms with Crippen molar-refractivity contribution in [2.45, 2.75) is 50.6 Å². The number of ether oxygens (including phenoxy) is 1. The maximum absolute atomic E-state index is 13.4. The van der Waals surface area contributed by atoms with Gasteiger partial charge in [-0.2, -0.15) is 0 Å². The Morgan fingerprint density at radius 2 is 1.79 bits per heavy atom. The molecule has 1 aliphatic carbocycles. The van der Waals surface area contributed by atoms with Crippen molar-refractivity contribution in [3.63, 3.8) is 0 Å². The molecule has 0 spiro atoms. The molecule has 160 valence electrons. The van der Waals surface area contributed by atoms with Gasteiger partial charge >= 0.3 is 0 Å². The molecule has 0 aromatic heterocycles. The summed E-state index contributed by atoms with van der Waals surface area (Å²) < 4.78 is 18.9. The number of carbonyl (C=O) groups excluding carboxylic acids is 1. The molecule has 5 nitrogen and oxygen atoms in total. The predicted octanol–water partition coefficient (Wildman–Crippen LogP) is 2.97. The Morgan fingerprint density at radius 3 is 2.52 bits per heavy atom. The molecule has 6 heteroatoms. The number of morpholine rings is 1. The lowest BCUT2D eigenvalue weighted by atomic mass is 9.94. The summed E-state index contributed by atoms with van der Waals surface area (Å²) in [5, 5.41) is 3.22. The molecule has 0 bridgehead atoms. The second-order valence-corrected chi connectivity index (χ2v) is 8.73. The molecule has 3 aliphatic rings. The van der Waals surface area contributed by atoms with Crippen LogP contribution in [-0.2, 0) is 9.53 Å². The second-order valence-electron chi connectivity index (χ2n) is 8.73. The average molecular weight is 404 g/mol. The molecule has 1 amide bonds. The molecule has 29 heavy (non-hydrogen) atoms. The van der Waals surface area contributed by atoms with E-state index in [-0.39, 0.29) is 23.7 Å². The van der Waals surface area contributed by atoms with Gasteiger partial charge in [0, 0.05) is 32.2 Å². The minimum Gasteiger partial charge on any atom is -0.379 e. The molecular weight excluding hydrogens is 369 g/mol. The second kappa shape index (κ2) is 10.0. The van der Waals surface area contributed by atoms with Crippen LogP contribution >= 0.6 is 0 Å². The van der Waals surface area contributed by atoms with E-state index >= 15 is 0 Å². The highest BCUT2D eigenvalue weighted by molar-refractivity contribution is 5.79. The Labute approximate surface area is 173 Å².